The monoisotopic (exact) mass is 244 g/mol. The van der Waals surface area contributed by atoms with Gasteiger partial charge >= 0.3 is 0 Å². The molecule has 1 saturated carbocycles. The van der Waals surface area contributed by atoms with Crippen LogP contribution >= 0.6 is 0 Å². The quantitative estimate of drug-likeness (QED) is 0.840. The fraction of sp³-hybridized carbons (Fsp3) is 0.417. The van der Waals surface area contributed by atoms with E-state index in [-0.39, 0.29) is 12.1 Å². The van der Waals surface area contributed by atoms with Gasteiger partial charge in [0.25, 0.3) is 0 Å². The second kappa shape index (κ2) is 4.73. The molecule has 6 nitrogen and oxygen atoms in total. The summed E-state index contributed by atoms with van der Waals surface area (Å²) in [6.07, 6.45) is 3.29. The van der Waals surface area contributed by atoms with Crippen molar-refractivity contribution in [2.45, 2.75) is 31.3 Å². The fourth-order valence-corrected chi connectivity index (χ4v) is 2.35. The lowest BCUT2D eigenvalue weighted by molar-refractivity contribution is 0.629. The Morgan fingerprint density at radius 2 is 2.06 bits per heavy atom. The average molecular weight is 244 g/mol. The molecule has 3 N–H and O–H groups in total. The molecule has 0 radical (unpaired) electrons. The van der Waals surface area contributed by atoms with E-state index in [1.54, 1.807) is 4.68 Å². The number of benzene rings is 1. The summed E-state index contributed by atoms with van der Waals surface area (Å²) in [5.74, 6) is 0.656. The van der Waals surface area contributed by atoms with E-state index in [2.05, 4.69) is 20.8 Å². The van der Waals surface area contributed by atoms with E-state index in [1.807, 2.05) is 30.3 Å². The minimum Gasteiger partial charge on any atom is -0.348 e. The Balaban J connectivity index is 1.84. The van der Waals surface area contributed by atoms with Gasteiger partial charge in [-0.2, -0.15) is 4.68 Å². The van der Waals surface area contributed by atoms with Gasteiger partial charge in [0, 0.05) is 12.1 Å². The molecule has 6 heteroatoms. The molecular formula is C12H16N6. The Kier molecular flexibility index (Phi) is 2.93. The Labute approximate surface area is 105 Å². The average Bonchev–Trinajstić information content (AvgIpc) is 3.01. The topological polar surface area (TPSA) is 81.7 Å². The number of nitrogens with zero attached hydrogens (tertiary/aromatic N) is 4. The number of hydrogen-bond acceptors (Lipinski definition) is 5. The van der Waals surface area contributed by atoms with Gasteiger partial charge in [-0.1, -0.05) is 23.3 Å². The molecule has 0 saturated heterocycles. The normalized spacial score (nSPS) is 23.2. The molecule has 3 rings (SSSR count). The van der Waals surface area contributed by atoms with Crippen LogP contribution in [0.4, 0.5) is 5.95 Å². The van der Waals surface area contributed by atoms with Gasteiger partial charge in [0.2, 0.25) is 5.95 Å². The lowest BCUT2D eigenvalue weighted by Gasteiger charge is -2.17. The first kappa shape index (κ1) is 11.2. The highest BCUT2D eigenvalue weighted by atomic mass is 15.6. The molecule has 18 heavy (non-hydrogen) atoms. The second-order valence-corrected chi connectivity index (χ2v) is 4.60. The molecule has 94 valence electrons. The van der Waals surface area contributed by atoms with Crippen molar-refractivity contribution >= 4 is 5.95 Å². The molecule has 2 aromatic rings. The van der Waals surface area contributed by atoms with Crippen LogP contribution in [0.3, 0.4) is 0 Å². The first-order valence-electron chi connectivity index (χ1n) is 6.20. The zero-order valence-corrected chi connectivity index (χ0v) is 10.0. The van der Waals surface area contributed by atoms with E-state index in [0.29, 0.717) is 5.95 Å². The van der Waals surface area contributed by atoms with Gasteiger partial charge in [-0.15, -0.1) is 0 Å². The van der Waals surface area contributed by atoms with Crippen LogP contribution in [0.5, 0.6) is 0 Å². The van der Waals surface area contributed by atoms with Crippen LogP contribution in [0.25, 0.3) is 5.69 Å². The van der Waals surface area contributed by atoms with E-state index in [0.717, 1.165) is 24.9 Å². The predicted octanol–water partition coefficient (Wildman–Crippen LogP) is 0.954. The molecule has 1 fully saturated rings. The summed E-state index contributed by atoms with van der Waals surface area (Å²) in [6.45, 7) is 0. The van der Waals surface area contributed by atoms with Crippen molar-refractivity contribution in [2.75, 3.05) is 5.32 Å². The maximum Gasteiger partial charge on any atom is 0.248 e. The molecule has 1 aromatic heterocycles. The molecule has 1 aliphatic carbocycles. The summed E-state index contributed by atoms with van der Waals surface area (Å²) in [4.78, 5) is 0. The summed E-state index contributed by atoms with van der Waals surface area (Å²) in [5, 5.41) is 15.1. The Bertz CT molecular complexity index is 508. The Morgan fingerprint density at radius 3 is 2.78 bits per heavy atom. The van der Waals surface area contributed by atoms with Crippen molar-refractivity contribution in [3.05, 3.63) is 30.3 Å². The first-order valence-corrected chi connectivity index (χ1v) is 6.20. The molecule has 0 aliphatic heterocycles. The number of anilines is 1. The van der Waals surface area contributed by atoms with Crippen LogP contribution in [-0.2, 0) is 0 Å². The van der Waals surface area contributed by atoms with E-state index < -0.39 is 0 Å². The van der Waals surface area contributed by atoms with E-state index in [1.165, 1.54) is 0 Å². The van der Waals surface area contributed by atoms with E-state index in [9.17, 15) is 0 Å². The number of hydrogen-bond donors (Lipinski definition) is 2. The number of rotatable bonds is 3. The maximum absolute atomic E-state index is 6.04. The third kappa shape index (κ3) is 2.06. The Hall–Kier alpha value is -1.95. The van der Waals surface area contributed by atoms with Gasteiger partial charge in [-0.05, 0) is 41.8 Å². The van der Waals surface area contributed by atoms with Crippen LogP contribution in [0, 0.1) is 0 Å². The van der Waals surface area contributed by atoms with Crippen LogP contribution in [0.15, 0.2) is 30.3 Å². The van der Waals surface area contributed by atoms with Crippen molar-refractivity contribution in [3.63, 3.8) is 0 Å². The number of aromatic nitrogens is 4. The van der Waals surface area contributed by atoms with Crippen LogP contribution in [-0.4, -0.2) is 32.3 Å². The lowest BCUT2D eigenvalue weighted by atomic mass is 10.2. The minimum absolute atomic E-state index is 0.186. The van der Waals surface area contributed by atoms with Gasteiger partial charge < -0.3 is 11.1 Å². The smallest absolute Gasteiger partial charge is 0.248 e. The third-order valence-electron chi connectivity index (χ3n) is 3.35. The molecule has 0 spiro atoms. The van der Waals surface area contributed by atoms with Gasteiger partial charge in [-0.3, -0.25) is 0 Å². The molecule has 2 unspecified atom stereocenters. The summed E-state index contributed by atoms with van der Waals surface area (Å²) in [7, 11) is 0. The minimum atomic E-state index is 0.186. The number of para-hydroxylation sites is 1. The van der Waals surface area contributed by atoms with Gasteiger partial charge in [0.1, 0.15) is 0 Å². The summed E-state index contributed by atoms with van der Waals surface area (Å²) < 4.78 is 1.70. The summed E-state index contributed by atoms with van der Waals surface area (Å²) in [5.41, 5.74) is 6.99. The number of nitrogens with two attached hydrogens (primary N) is 1. The van der Waals surface area contributed by atoms with Crippen molar-refractivity contribution in [1.29, 1.82) is 0 Å². The summed E-state index contributed by atoms with van der Waals surface area (Å²) >= 11 is 0. The number of tetrazole rings is 1. The fourth-order valence-electron chi connectivity index (χ4n) is 2.35. The van der Waals surface area contributed by atoms with Gasteiger partial charge in [-0.25, -0.2) is 0 Å². The molecule has 1 aromatic carbocycles. The largest absolute Gasteiger partial charge is 0.348 e. The number of nitrogens with one attached hydrogen (secondary N) is 1. The van der Waals surface area contributed by atoms with Crippen molar-refractivity contribution in [2.24, 2.45) is 5.73 Å². The van der Waals surface area contributed by atoms with Crippen molar-refractivity contribution in [3.8, 4) is 5.69 Å². The standard InChI is InChI=1S/C12H16N6/c13-10-7-4-8-11(10)14-12-15-16-17-18(12)9-5-2-1-3-6-9/h1-3,5-6,10-11H,4,7-8,13H2,(H,14,15,17). The molecule has 1 heterocycles. The Morgan fingerprint density at radius 1 is 1.22 bits per heavy atom. The molecule has 2 atom stereocenters. The van der Waals surface area contributed by atoms with Crippen molar-refractivity contribution < 1.29 is 0 Å². The zero-order valence-electron chi connectivity index (χ0n) is 10.0. The highest BCUT2D eigenvalue weighted by Crippen LogP contribution is 2.21. The third-order valence-corrected chi connectivity index (χ3v) is 3.35. The highest BCUT2D eigenvalue weighted by Gasteiger charge is 2.25. The summed E-state index contributed by atoms with van der Waals surface area (Å²) in [6, 6.07) is 10.3. The van der Waals surface area contributed by atoms with E-state index in [4.69, 9.17) is 5.73 Å². The molecule has 0 bridgehead atoms. The van der Waals surface area contributed by atoms with Crippen LogP contribution < -0.4 is 11.1 Å². The van der Waals surface area contributed by atoms with E-state index >= 15 is 0 Å². The molecule has 0 amide bonds. The van der Waals surface area contributed by atoms with Crippen molar-refractivity contribution in [1.82, 2.24) is 20.2 Å². The van der Waals surface area contributed by atoms with Gasteiger partial charge in [0.05, 0.1) is 5.69 Å². The van der Waals surface area contributed by atoms with Crippen LogP contribution in [0.1, 0.15) is 19.3 Å². The SMILES string of the molecule is NC1CCCC1Nc1nnnn1-c1ccccc1. The van der Waals surface area contributed by atoms with Crippen LogP contribution in [0.2, 0.25) is 0 Å². The lowest BCUT2D eigenvalue weighted by Crippen LogP contribution is -2.36. The second-order valence-electron chi connectivity index (χ2n) is 4.60. The van der Waals surface area contributed by atoms with Gasteiger partial charge in [0.15, 0.2) is 0 Å². The highest BCUT2D eigenvalue weighted by molar-refractivity contribution is 5.39. The predicted molar refractivity (Wildman–Crippen MR) is 68.4 cm³/mol. The molecule has 1 aliphatic rings. The maximum atomic E-state index is 6.04. The molecular weight excluding hydrogens is 228 g/mol. The zero-order chi connectivity index (χ0) is 12.4. The first-order chi connectivity index (χ1) is 8.84.